The van der Waals surface area contributed by atoms with Crippen LogP contribution >= 0.6 is 0 Å². The molecular weight excluding hydrogens is 276 g/mol. The number of fused-ring (bicyclic) bond motifs is 1. The van der Waals surface area contributed by atoms with E-state index in [0.29, 0.717) is 18.4 Å². The molecule has 3 heteroatoms. The van der Waals surface area contributed by atoms with Gasteiger partial charge in [0.2, 0.25) is 0 Å². The second-order valence-electron chi connectivity index (χ2n) is 6.17. The minimum atomic E-state index is -0.893. The number of aliphatic hydroxyl groups is 1. The molecule has 0 unspecified atom stereocenters. The fraction of sp³-hybridized carbons (Fsp3) is 0.316. The van der Waals surface area contributed by atoms with E-state index in [4.69, 9.17) is 4.74 Å². The van der Waals surface area contributed by atoms with Gasteiger partial charge in [0.15, 0.2) is 0 Å². The molecule has 0 aromatic heterocycles. The molecular formula is C19H20O3. The van der Waals surface area contributed by atoms with Gasteiger partial charge in [-0.15, -0.1) is 0 Å². The van der Waals surface area contributed by atoms with Crippen LogP contribution in [-0.4, -0.2) is 18.2 Å². The first-order valence-corrected chi connectivity index (χ1v) is 7.43. The highest BCUT2D eigenvalue weighted by molar-refractivity contribution is 5.89. The Bertz CT molecular complexity index is 731. The summed E-state index contributed by atoms with van der Waals surface area (Å²) >= 11 is 0. The maximum atomic E-state index is 11.5. The summed E-state index contributed by atoms with van der Waals surface area (Å²) in [6.07, 6.45) is 1.23. The third-order valence-electron chi connectivity index (χ3n) is 4.51. The number of carbonyl (C=O) groups excluding carboxylic acids is 1. The summed E-state index contributed by atoms with van der Waals surface area (Å²) in [4.78, 5) is 11.5. The summed E-state index contributed by atoms with van der Waals surface area (Å²) in [6.45, 7) is 4.17. The van der Waals surface area contributed by atoms with Gasteiger partial charge >= 0.3 is 5.97 Å². The van der Waals surface area contributed by atoms with Crippen molar-refractivity contribution in [3.63, 3.8) is 0 Å². The molecule has 0 heterocycles. The summed E-state index contributed by atoms with van der Waals surface area (Å²) in [7, 11) is 1.36. The van der Waals surface area contributed by atoms with Gasteiger partial charge in [-0.05, 0) is 48.2 Å². The SMILES string of the molecule is COC(=O)c1ccc([C@@]2(O)Cc3cc(C)cc(C)c3C2)cc1. The maximum absolute atomic E-state index is 11.5. The van der Waals surface area contributed by atoms with Crippen LogP contribution in [0.3, 0.4) is 0 Å². The largest absolute Gasteiger partial charge is 0.465 e. The van der Waals surface area contributed by atoms with E-state index in [2.05, 4.69) is 26.0 Å². The zero-order chi connectivity index (χ0) is 15.9. The second kappa shape index (κ2) is 5.25. The van der Waals surface area contributed by atoms with E-state index in [1.54, 1.807) is 12.1 Å². The third kappa shape index (κ3) is 2.42. The summed E-state index contributed by atoms with van der Waals surface area (Å²) in [6, 6.07) is 11.4. The molecule has 1 aliphatic carbocycles. The van der Waals surface area contributed by atoms with Gasteiger partial charge in [-0.25, -0.2) is 4.79 Å². The van der Waals surface area contributed by atoms with Crippen molar-refractivity contribution in [1.29, 1.82) is 0 Å². The molecule has 3 nitrogen and oxygen atoms in total. The standard InChI is InChI=1S/C19H20O3/c1-12-8-13(2)17-11-19(21,10-15(17)9-12)16-6-4-14(5-7-16)18(20)22-3/h4-9,21H,10-11H2,1-3H3/t19-/m1/s1. The molecule has 1 atom stereocenters. The summed E-state index contributed by atoms with van der Waals surface area (Å²) < 4.78 is 4.70. The van der Waals surface area contributed by atoms with Crippen molar-refractivity contribution >= 4 is 5.97 Å². The van der Waals surface area contributed by atoms with E-state index in [0.717, 1.165) is 5.56 Å². The maximum Gasteiger partial charge on any atom is 0.337 e. The minimum absolute atomic E-state index is 0.361. The topological polar surface area (TPSA) is 46.5 Å². The average Bonchev–Trinajstić information content (AvgIpc) is 2.85. The Kier molecular flexibility index (Phi) is 3.53. The third-order valence-corrected chi connectivity index (χ3v) is 4.51. The van der Waals surface area contributed by atoms with Crippen LogP contribution in [0.1, 0.15) is 38.2 Å². The van der Waals surface area contributed by atoms with E-state index in [1.807, 2.05) is 12.1 Å². The van der Waals surface area contributed by atoms with Gasteiger partial charge in [0.1, 0.15) is 0 Å². The van der Waals surface area contributed by atoms with E-state index >= 15 is 0 Å². The van der Waals surface area contributed by atoms with Crippen molar-refractivity contribution in [3.8, 4) is 0 Å². The van der Waals surface area contributed by atoms with Crippen LogP contribution in [0.4, 0.5) is 0 Å². The van der Waals surface area contributed by atoms with Gasteiger partial charge in [0.05, 0.1) is 18.3 Å². The van der Waals surface area contributed by atoms with Crippen molar-refractivity contribution in [2.24, 2.45) is 0 Å². The van der Waals surface area contributed by atoms with Crippen LogP contribution in [-0.2, 0) is 23.2 Å². The highest BCUT2D eigenvalue weighted by Gasteiger charge is 2.37. The van der Waals surface area contributed by atoms with Crippen LogP contribution in [0.15, 0.2) is 36.4 Å². The normalized spacial score (nSPS) is 19.8. The first-order valence-electron chi connectivity index (χ1n) is 7.43. The smallest absolute Gasteiger partial charge is 0.337 e. The molecule has 0 fully saturated rings. The Labute approximate surface area is 130 Å². The molecule has 0 bridgehead atoms. The molecule has 0 saturated heterocycles. The number of methoxy groups -OCH3 is 1. The minimum Gasteiger partial charge on any atom is -0.465 e. The first-order chi connectivity index (χ1) is 10.4. The van der Waals surface area contributed by atoms with Crippen LogP contribution in [0.5, 0.6) is 0 Å². The summed E-state index contributed by atoms with van der Waals surface area (Å²) in [5.74, 6) is -0.361. The Morgan fingerprint density at radius 1 is 1.14 bits per heavy atom. The number of carbonyl (C=O) groups is 1. The number of rotatable bonds is 2. The number of aryl methyl sites for hydroxylation is 2. The van der Waals surface area contributed by atoms with Crippen molar-refractivity contribution < 1.29 is 14.6 Å². The fourth-order valence-corrected chi connectivity index (χ4v) is 3.40. The van der Waals surface area contributed by atoms with Gasteiger partial charge < -0.3 is 9.84 Å². The fourth-order valence-electron chi connectivity index (χ4n) is 3.40. The van der Waals surface area contributed by atoms with Crippen molar-refractivity contribution in [1.82, 2.24) is 0 Å². The predicted molar refractivity (Wildman–Crippen MR) is 85.0 cm³/mol. The highest BCUT2D eigenvalue weighted by atomic mass is 16.5. The van der Waals surface area contributed by atoms with Gasteiger partial charge in [0.25, 0.3) is 0 Å². The molecule has 2 aromatic carbocycles. The van der Waals surface area contributed by atoms with E-state index in [1.165, 1.54) is 29.4 Å². The van der Waals surface area contributed by atoms with E-state index in [9.17, 15) is 9.90 Å². The lowest BCUT2D eigenvalue weighted by molar-refractivity contribution is 0.0478. The molecule has 22 heavy (non-hydrogen) atoms. The number of ether oxygens (including phenoxy) is 1. The zero-order valence-electron chi connectivity index (χ0n) is 13.1. The number of esters is 1. The molecule has 0 saturated carbocycles. The Morgan fingerprint density at radius 3 is 2.45 bits per heavy atom. The Morgan fingerprint density at radius 2 is 1.82 bits per heavy atom. The molecule has 2 aromatic rings. The van der Waals surface area contributed by atoms with Crippen LogP contribution in [0, 0.1) is 13.8 Å². The monoisotopic (exact) mass is 296 g/mol. The lowest BCUT2D eigenvalue weighted by Gasteiger charge is -2.23. The van der Waals surface area contributed by atoms with Crippen LogP contribution in [0.2, 0.25) is 0 Å². The van der Waals surface area contributed by atoms with E-state index in [-0.39, 0.29) is 5.97 Å². The van der Waals surface area contributed by atoms with Crippen molar-refractivity contribution in [2.45, 2.75) is 32.3 Å². The lowest BCUT2D eigenvalue weighted by Crippen LogP contribution is -2.26. The highest BCUT2D eigenvalue weighted by Crippen LogP contribution is 2.39. The molecule has 0 aliphatic heterocycles. The zero-order valence-corrected chi connectivity index (χ0v) is 13.1. The summed E-state index contributed by atoms with van der Waals surface area (Å²) in [5, 5.41) is 11.1. The first kappa shape index (κ1) is 14.8. The van der Waals surface area contributed by atoms with Gasteiger partial charge in [0, 0.05) is 12.8 Å². The van der Waals surface area contributed by atoms with Gasteiger partial charge in [-0.1, -0.05) is 29.8 Å². The average molecular weight is 296 g/mol. The predicted octanol–water partition coefficient (Wildman–Crippen LogP) is 3.08. The van der Waals surface area contributed by atoms with Crippen LogP contribution < -0.4 is 0 Å². The summed E-state index contributed by atoms with van der Waals surface area (Å²) in [5.41, 5.74) is 5.36. The molecule has 0 amide bonds. The quantitative estimate of drug-likeness (QED) is 0.866. The number of hydrogen-bond donors (Lipinski definition) is 1. The Balaban J connectivity index is 1.93. The van der Waals surface area contributed by atoms with Crippen molar-refractivity contribution in [2.75, 3.05) is 7.11 Å². The molecule has 1 aliphatic rings. The lowest BCUT2D eigenvalue weighted by atomic mass is 9.90. The number of hydrogen-bond acceptors (Lipinski definition) is 3. The molecule has 1 N–H and O–H groups in total. The number of benzene rings is 2. The van der Waals surface area contributed by atoms with Crippen LogP contribution in [0.25, 0.3) is 0 Å². The Hall–Kier alpha value is -2.13. The van der Waals surface area contributed by atoms with Gasteiger partial charge in [-0.2, -0.15) is 0 Å². The molecule has 0 spiro atoms. The molecule has 0 radical (unpaired) electrons. The van der Waals surface area contributed by atoms with Crippen molar-refractivity contribution in [3.05, 3.63) is 69.8 Å². The van der Waals surface area contributed by atoms with E-state index < -0.39 is 5.60 Å². The molecule has 3 rings (SSSR count). The molecule has 114 valence electrons. The van der Waals surface area contributed by atoms with Gasteiger partial charge in [-0.3, -0.25) is 0 Å². The second-order valence-corrected chi connectivity index (χ2v) is 6.17.